The summed E-state index contributed by atoms with van der Waals surface area (Å²) < 4.78 is 34.4. The van der Waals surface area contributed by atoms with E-state index in [1.54, 1.807) is 0 Å². The Morgan fingerprint density at radius 3 is 1.35 bits per heavy atom. The van der Waals surface area contributed by atoms with Crippen molar-refractivity contribution in [2.24, 2.45) is 0 Å². The van der Waals surface area contributed by atoms with Crippen molar-refractivity contribution in [2.45, 2.75) is 232 Å². The number of esters is 2. The summed E-state index contributed by atoms with van der Waals surface area (Å²) in [5.74, 6) is -0.840. The van der Waals surface area contributed by atoms with Crippen molar-refractivity contribution in [3.8, 4) is 0 Å². The molecule has 1 N–H and O–H groups in total. The van der Waals surface area contributed by atoms with Crippen LogP contribution in [0, 0.1) is 0 Å². The van der Waals surface area contributed by atoms with E-state index in [2.05, 4.69) is 62.5 Å². The Kier molecular flexibility index (Phi) is 43.7. The molecule has 0 amide bonds. The SMILES string of the molecule is CC/C=C\C/C=C\C/C=C\C/C=C\CCCCC(=O)OC(COC(=O)CCCCCCCCCCCCCCCCCCCCCCCCCC)COP(=O)(O)OCC[N+](C)(C)C. The highest BCUT2D eigenvalue weighted by molar-refractivity contribution is 7.47. The lowest BCUT2D eigenvalue weighted by molar-refractivity contribution is -0.870. The molecule has 63 heavy (non-hydrogen) atoms. The molecule has 0 aromatic heterocycles. The topological polar surface area (TPSA) is 108 Å². The number of likely N-dealkylation sites (N-methyl/N-ethyl adjacent to an activating group) is 1. The predicted molar refractivity (Wildman–Crippen MR) is 266 cm³/mol. The van der Waals surface area contributed by atoms with Crippen LogP contribution in [0.1, 0.15) is 226 Å². The van der Waals surface area contributed by atoms with Crippen LogP contribution in [-0.4, -0.2) is 74.9 Å². The standard InChI is InChI=1S/C53H98NO8P/c1-6-8-10-12-14-16-18-20-22-23-24-25-26-27-28-29-30-32-33-35-37-39-41-43-45-52(55)59-49-51(50-61-63(57,58)60-48-47-54(3,4)5)62-53(56)46-44-42-40-38-36-34-31-21-19-17-15-13-11-9-7-2/h9,11,15,17,21,31,36,38,51H,6-8,10,12-14,16,18-20,22-30,32-35,37,39-50H2,1-5H3/p+1/b11-9-,17-15-,31-21-,38-36-. The van der Waals surface area contributed by atoms with Crippen LogP contribution < -0.4 is 0 Å². The molecule has 0 aliphatic rings. The van der Waals surface area contributed by atoms with E-state index in [1.165, 1.54) is 135 Å². The summed E-state index contributed by atoms with van der Waals surface area (Å²) in [7, 11) is 1.45. The van der Waals surface area contributed by atoms with Gasteiger partial charge in [0, 0.05) is 12.8 Å². The average molecular weight is 909 g/mol. The second-order valence-corrected chi connectivity index (χ2v) is 20.0. The summed E-state index contributed by atoms with van der Waals surface area (Å²) >= 11 is 0. The van der Waals surface area contributed by atoms with Crippen LogP contribution in [0.3, 0.4) is 0 Å². The number of carbonyl (C=O) groups excluding carboxylic acids is 2. The van der Waals surface area contributed by atoms with Gasteiger partial charge in [-0.3, -0.25) is 18.6 Å². The number of carbonyl (C=O) groups is 2. The van der Waals surface area contributed by atoms with Gasteiger partial charge in [-0.1, -0.05) is 210 Å². The van der Waals surface area contributed by atoms with E-state index >= 15 is 0 Å². The van der Waals surface area contributed by atoms with E-state index < -0.39 is 26.5 Å². The number of hydrogen-bond acceptors (Lipinski definition) is 7. The molecule has 0 aromatic rings. The van der Waals surface area contributed by atoms with E-state index in [4.69, 9.17) is 18.5 Å². The molecular weight excluding hydrogens is 810 g/mol. The van der Waals surface area contributed by atoms with Crippen molar-refractivity contribution < 1.29 is 42.1 Å². The zero-order valence-electron chi connectivity index (χ0n) is 41.6. The van der Waals surface area contributed by atoms with Crippen LogP contribution >= 0.6 is 7.82 Å². The molecule has 9 nitrogen and oxygen atoms in total. The molecule has 368 valence electrons. The molecule has 2 unspecified atom stereocenters. The smallest absolute Gasteiger partial charge is 0.462 e. The van der Waals surface area contributed by atoms with Gasteiger partial charge in [0.2, 0.25) is 0 Å². The molecule has 0 aliphatic heterocycles. The highest BCUT2D eigenvalue weighted by Gasteiger charge is 2.27. The lowest BCUT2D eigenvalue weighted by atomic mass is 10.0. The quantitative estimate of drug-likeness (QED) is 0.0211. The molecule has 0 heterocycles. The number of unbranched alkanes of at least 4 members (excludes halogenated alkanes) is 25. The summed E-state index contributed by atoms with van der Waals surface area (Å²) in [6.45, 7) is 4.29. The lowest BCUT2D eigenvalue weighted by Crippen LogP contribution is -2.37. The summed E-state index contributed by atoms with van der Waals surface area (Å²) in [4.78, 5) is 35.5. The van der Waals surface area contributed by atoms with Crippen LogP contribution in [-0.2, 0) is 32.7 Å². The molecule has 0 spiro atoms. The second-order valence-electron chi connectivity index (χ2n) is 18.5. The Morgan fingerprint density at radius 2 is 0.905 bits per heavy atom. The molecule has 0 saturated carbocycles. The van der Waals surface area contributed by atoms with Crippen molar-refractivity contribution >= 4 is 19.8 Å². The number of rotatable bonds is 47. The van der Waals surface area contributed by atoms with Crippen LogP contribution in [0.2, 0.25) is 0 Å². The van der Waals surface area contributed by atoms with Gasteiger partial charge in [-0.15, -0.1) is 0 Å². The first-order valence-corrected chi connectivity index (χ1v) is 27.4. The van der Waals surface area contributed by atoms with Gasteiger partial charge in [-0.25, -0.2) is 4.57 Å². The fourth-order valence-electron chi connectivity index (χ4n) is 7.12. The third-order valence-corrected chi connectivity index (χ3v) is 12.1. The van der Waals surface area contributed by atoms with E-state index in [0.29, 0.717) is 17.4 Å². The molecular formula is C53H99NO8P+. The van der Waals surface area contributed by atoms with Crippen molar-refractivity contribution in [1.29, 1.82) is 0 Å². The van der Waals surface area contributed by atoms with E-state index in [1.807, 2.05) is 21.1 Å². The summed E-state index contributed by atoms with van der Waals surface area (Å²) in [6.07, 6.45) is 54.7. The minimum atomic E-state index is -4.39. The minimum absolute atomic E-state index is 0.0234. The Balaban J connectivity index is 4.20. The van der Waals surface area contributed by atoms with Crippen LogP contribution in [0.15, 0.2) is 48.6 Å². The summed E-state index contributed by atoms with van der Waals surface area (Å²) in [5.41, 5.74) is 0. The molecule has 2 atom stereocenters. The predicted octanol–water partition coefficient (Wildman–Crippen LogP) is 15.4. The summed E-state index contributed by atoms with van der Waals surface area (Å²) in [5, 5.41) is 0. The van der Waals surface area contributed by atoms with Crippen molar-refractivity contribution in [2.75, 3.05) is 47.5 Å². The third kappa shape index (κ3) is 49.2. The number of ether oxygens (including phenoxy) is 2. The number of quaternary nitrogens is 1. The van der Waals surface area contributed by atoms with E-state index in [9.17, 15) is 19.0 Å². The number of nitrogens with zero attached hydrogens (tertiary/aromatic N) is 1. The van der Waals surface area contributed by atoms with Gasteiger partial charge in [0.15, 0.2) is 6.10 Å². The van der Waals surface area contributed by atoms with Gasteiger partial charge >= 0.3 is 19.8 Å². The molecule has 0 bridgehead atoms. The fraction of sp³-hybridized carbons (Fsp3) is 0.811. The first kappa shape index (κ1) is 61.0. The van der Waals surface area contributed by atoms with Crippen molar-refractivity contribution in [3.05, 3.63) is 48.6 Å². The molecule has 10 heteroatoms. The molecule has 0 fully saturated rings. The van der Waals surface area contributed by atoms with Gasteiger partial charge in [0.25, 0.3) is 0 Å². The van der Waals surface area contributed by atoms with Gasteiger partial charge < -0.3 is 18.9 Å². The Labute approximate surface area is 388 Å². The second kappa shape index (κ2) is 45.1. The number of allylic oxidation sites excluding steroid dienone is 8. The fourth-order valence-corrected chi connectivity index (χ4v) is 7.87. The number of hydrogen-bond donors (Lipinski definition) is 1. The van der Waals surface area contributed by atoms with Crippen molar-refractivity contribution in [1.82, 2.24) is 0 Å². The zero-order valence-corrected chi connectivity index (χ0v) is 42.5. The maximum atomic E-state index is 12.7. The average Bonchev–Trinajstić information content (AvgIpc) is 3.24. The van der Waals surface area contributed by atoms with Crippen LogP contribution in [0.5, 0.6) is 0 Å². The lowest BCUT2D eigenvalue weighted by Gasteiger charge is -2.24. The van der Waals surface area contributed by atoms with Crippen LogP contribution in [0.25, 0.3) is 0 Å². The Morgan fingerprint density at radius 1 is 0.508 bits per heavy atom. The maximum Gasteiger partial charge on any atom is 0.472 e. The maximum absolute atomic E-state index is 12.7. The highest BCUT2D eigenvalue weighted by Crippen LogP contribution is 2.43. The van der Waals surface area contributed by atoms with Crippen LogP contribution in [0.4, 0.5) is 0 Å². The largest absolute Gasteiger partial charge is 0.472 e. The highest BCUT2D eigenvalue weighted by atomic mass is 31.2. The first-order valence-electron chi connectivity index (χ1n) is 25.9. The number of phosphoric acid groups is 1. The van der Waals surface area contributed by atoms with E-state index in [-0.39, 0.29) is 32.0 Å². The van der Waals surface area contributed by atoms with Crippen molar-refractivity contribution in [3.63, 3.8) is 0 Å². The molecule has 0 rings (SSSR count). The molecule has 0 aliphatic carbocycles. The van der Waals surface area contributed by atoms with Gasteiger partial charge in [0.1, 0.15) is 19.8 Å². The Bertz CT molecular complexity index is 1210. The van der Waals surface area contributed by atoms with Gasteiger partial charge in [0.05, 0.1) is 27.7 Å². The van der Waals surface area contributed by atoms with Gasteiger partial charge in [-0.2, -0.15) is 0 Å². The normalized spacial score (nSPS) is 13.8. The first-order chi connectivity index (χ1) is 30.5. The molecule has 0 radical (unpaired) electrons. The summed E-state index contributed by atoms with van der Waals surface area (Å²) in [6, 6.07) is 0. The zero-order chi connectivity index (χ0) is 46.4. The third-order valence-electron chi connectivity index (χ3n) is 11.1. The molecule has 0 aromatic carbocycles. The minimum Gasteiger partial charge on any atom is -0.462 e. The van der Waals surface area contributed by atoms with Gasteiger partial charge in [-0.05, 0) is 51.4 Å². The monoisotopic (exact) mass is 909 g/mol. The number of phosphoric ester groups is 1. The van der Waals surface area contributed by atoms with E-state index in [0.717, 1.165) is 57.8 Å². The molecule has 0 saturated heterocycles. The Hall–Kier alpha value is -2.03.